The van der Waals surface area contributed by atoms with Crippen LogP contribution in [0.3, 0.4) is 0 Å². The number of benzene rings is 3. The molecule has 27 heavy (non-hydrogen) atoms. The summed E-state index contributed by atoms with van der Waals surface area (Å²) in [7, 11) is 0. The molecule has 140 valence electrons. The molecule has 0 saturated carbocycles. The van der Waals surface area contributed by atoms with E-state index in [1.807, 2.05) is 0 Å². The summed E-state index contributed by atoms with van der Waals surface area (Å²) in [5, 5.41) is 9.06. The molecule has 0 atom stereocenters. The summed E-state index contributed by atoms with van der Waals surface area (Å²) in [5.74, 6) is 0. The Morgan fingerprint density at radius 3 is 1.56 bits per heavy atom. The lowest BCUT2D eigenvalue weighted by Gasteiger charge is -2.27. The van der Waals surface area contributed by atoms with E-state index >= 15 is 0 Å². The van der Waals surface area contributed by atoms with E-state index in [0.717, 1.165) is 18.5 Å². The Bertz CT molecular complexity index is 861. The van der Waals surface area contributed by atoms with Crippen LogP contribution in [0, 0.1) is 27.7 Å². The zero-order valence-electron chi connectivity index (χ0n) is 16.8. The molecule has 0 unspecified atom stereocenters. The first kappa shape index (κ1) is 19.2. The fourth-order valence-corrected chi connectivity index (χ4v) is 3.27. The molecular weight excluding hydrogens is 330 g/mol. The lowest BCUT2D eigenvalue weighted by atomic mass is 10.0. The van der Waals surface area contributed by atoms with Gasteiger partial charge in [-0.3, -0.25) is 0 Å². The first-order valence-corrected chi connectivity index (χ1v) is 9.64. The SMILES string of the molecule is Cc1ccc(N(c2ccc(CCCO)cc2)c2ccc(C)c(C)c2)cc1C. The summed E-state index contributed by atoms with van der Waals surface area (Å²) >= 11 is 0. The molecule has 0 aromatic heterocycles. The summed E-state index contributed by atoms with van der Waals surface area (Å²) in [6, 6.07) is 22.0. The molecule has 0 bridgehead atoms. The molecular formula is C25H29NO. The molecule has 3 aromatic rings. The Morgan fingerprint density at radius 1 is 0.630 bits per heavy atom. The molecule has 2 nitrogen and oxygen atoms in total. The highest BCUT2D eigenvalue weighted by atomic mass is 16.2. The number of nitrogens with zero attached hydrogens (tertiary/aromatic N) is 1. The zero-order chi connectivity index (χ0) is 19.4. The minimum atomic E-state index is 0.235. The first-order chi connectivity index (χ1) is 13.0. The van der Waals surface area contributed by atoms with Gasteiger partial charge < -0.3 is 10.0 Å². The predicted molar refractivity (Wildman–Crippen MR) is 115 cm³/mol. The number of hydrogen-bond donors (Lipinski definition) is 1. The molecule has 0 fully saturated rings. The molecule has 0 heterocycles. The highest BCUT2D eigenvalue weighted by Crippen LogP contribution is 2.36. The van der Waals surface area contributed by atoms with Crippen molar-refractivity contribution in [2.75, 3.05) is 11.5 Å². The molecule has 1 N–H and O–H groups in total. The van der Waals surface area contributed by atoms with E-state index in [2.05, 4.69) is 93.3 Å². The van der Waals surface area contributed by atoms with Crippen LogP contribution < -0.4 is 4.90 Å². The van der Waals surface area contributed by atoms with Crippen molar-refractivity contribution in [1.29, 1.82) is 0 Å². The highest BCUT2D eigenvalue weighted by molar-refractivity contribution is 5.77. The topological polar surface area (TPSA) is 23.5 Å². The van der Waals surface area contributed by atoms with Crippen molar-refractivity contribution < 1.29 is 5.11 Å². The van der Waals surface area contributed by atoms with Gasteiger partial charge in [0.2, 0.25) is 0 Å². The maximum atomic E-state index is 9.06. The third-order valence-electron chi connectivity index (χ3n) is 5.32. The molecule has 0 aliphatic carbocycles. The largest absolute Gasteiger partial charge is 0.396 e. The van der Waals surface area contributed by atoms with E-state index in [1.165, 1.54) is 39.2 Å². The monoisotopic (exact) mass is 359 g/mol. The van der Waals surface area contributed by atoms with Gasteiger partial charge in [-0.1, -0.05) is 24.3 Å². The van der Waals surface area contributed by atoms with E-state index in [4.69, 9.17) is 5.11 Å². The van der Waals surface area contributed by atoms with Crippen molar-refractivity contribution in [3.05, 3.63) is 88.5 Å². The minimum Gasteiger partial charge on any atom is -0.396 e. The average Bonchev–Trinajstić information content (AvgIpc) is 2.67. The summed E-state index contributed by atoms with van der Waals surface area (Å²) < 4.78 is 0. The van der Waals surface area contributed by atoms with Gasteiger partial charge in [-0.2, -0.15) is 0 Å². The normalized spacial score (nSPS) is 10.9. The smallest absolute Gasteiger partial charge is 0.0464 e. The predicted octanol–water partition coefficient (Wildman–Crippen LogP) is 6.31. The second-order valence-electron chi connectivity index (χ2n) is 7.37. The van der Waals surface area contributed by atoms with Gasteiger partial charge >= 0.3 is 0 Å². The second kappa shape index (κ2) is 8.41. The van der Waals surface area contributed by atoms with Crippen LogP contribution in [-0.4, -0.2) is 11.7 Å². The Kier molecular flexibility index (Phi) is 5.98. The second-order valence-corrected chi connectivity index (χ2v) is 7.37. The number of rotatable bonds is 6. The van der Waals surface area contributed by atoms with Gasteiger partial charge in [-0.15, -0.1) is 0 Å². The Labute approximate surface area is 163 Å². The summed E-state index contributed by atoms with van der Waals surface area (Å²) in [5.41, 5.74) is 9.94. The quantitative estimate of drug-likeness (QED) is 0.557. The van der Waals surface area contributed by atoms with Gasteiger partial charge in [0.05, 0.1) is 0 Å². The Morgan fingerprint density at radius 2 is 1.11 bits per heavy atom. The summed E-state index contributed by atoms with van der Waals surface area (Å²) in [4.78, 5) is 2.31. The van der Waals surface area contributed by atoms with Crippen molar-refractivity contribution in [3.8, 4) is 0 Å². The van der Waals surface area contributed by atoms with E-state index in [0.29, 0.717) is 0 Å². The van der Waals surface area contributed by atoms with Gasteiger partial charge in [0.15, 0.2) is 0 Å². The molecule has 0 radical (unpaired) electrons. The van der Waals surface area contributed by atoms with Gasteiger partial charge in [0.1, 0.15) is 0 Å². The van der Waals surface area contributed by atoms with Crippen molar-refractivity contribution in [2.24, 2.45) is 0 Å². The van der Waals surface area contributed by atoms with Crippen LogP contribution >= 0.6 is 0 Å². The van der Waals surface area contributed by atoms with E-state index in [9.17, 15) is 0 Å². The van der Waals surface area contributed by atoms with Gasteiger partial charge in [-0.25, -0.2) is 0 Å². The van der Waals surface area contributed by atoms with Crippen LogP contribution in [0.15, 0.2) is 60.7 Å². The van der Waals surface area contributed by atoms with Gasteiger partial charge in [-0.05, 0) is 105 Å². The number of aliphatic hydroxyl groups is 1. The van der Waals surface area contributed by atoms with Gasteiger partial charge in [0.25, 0.3) is 0 Å². The van der Waals surface area contributed by atoms with Crippen LogP contribution in [0.1, 0.15) is 34.2 Å². The lowest BCUT2D eigenvalue weighted by Crippen LogP contribution is -2.11. The number of aliphatic hydroxyl groups excluding tert-OH is 1. The molecule has 0 aliphatic heterocycles. The summed E-state index contributed by atoms with van der Waals surface area (Å²) in [6.45, 7) is 8.86. The maximum absolute atomic E-state index is 9.06. The van der Waals surface area contributed by atoms with Crippen LogP contribution in [-0.2, 0) is 6.42 Å². The Hall–Kier alpha value is -2.58. The number of hydrogen-bond acceptors (Lipinski definition) is 2. The van der Waals surface area contributed by atoms with Crippen LogP contribution in [0.5, 0.6) is 0 Å². The number of anilines is 3. The fraction of sp³-hybridized carbons (Fsp3) is 0.280. The maximum Gasteiger partial charge on any atom is 0.0464 e. The molecule has 0 amide bonds. The zero-order valence-corrected chi connectivity index (χ0v) is 16.8. The fourth-order valence-electron chi connectivity index (χ4n) is 3.27. The number of aryl methyl sites for hydroxylation is 5. The third kappa shape index (κ3) is 4.40. The Balaban J connectivity index is 2.06. The van der Waals surface area contributed by atoms with Crippen LogP contribution in [0.2, 0.25) is 0 Å². The van der Waals surface area contributed by atoms with E-state index in [1.54, 1.807) is 0 Å². The van der Waals surface area contributed by atoms with Crippen molar-refractivity contribution in [3.63, 3.8) is 0 Å². The third-order valence-corrected chi connectivity index (χ3v) is 5.32. The standard InChI is InChI=1S/C25H29NO/c1-18-7-11-24(16-20(18)3)26(25-12-8-19(2)21(4)17-25)23-13-9-22(10-14-23)6-5-15-27/h7-14,16-17,27H,5-6,15H2,1-4H3. The highest BCUT2D eigenvalue weighted by Gasteiger charge is 2.14. The molecule has 3 aromatic carbocycles. The van der Waals surface area contributed by atoms with Crippen molar-refractivity contribution >= 4 is 17.1 Å². The van der Waals surface area contributed by atoms with Crippen LogP contribution in [0.25, 0.3) is 0 Å². The van der Waals surface area contributed by atoms with E-state index < -0.39 is 0 Å². The molecule has 0 spiro atoms. The molecule has 0 saturated heterocycles. The van der Waals surface area contributed by atoms with Gasteiger partial charge in [0, 0.05) is 23.7 Å². The lowest BCUT2D eigenvalue weighted by molar-refractivity contribution is 0.288. The molecule has 3 rings (SSSR count). The van der Waals surface area contributed by atoms with Crippen LogP contribution in [0.4, 0.5) is 17.1 Å². The molecule has 2 heteroatoms. The average molecular weight is 360 g/mol. The molecule has 0 aliphatic rings. The minimum absolute atomic E-state index is 0.235. The van der Waals surface area contributed by atoms with E-state index in [-0.39, 0.29) is 6.61 Å². The first-order valence-electron chi connectivity index (χ1n) is 9.64. The van der Waals surface area contributed by atoms with Crippen molar-refractivity contribution in [2.45, 2.75) is 40.5 Å². The van der Waals surface area contributed by atoms with Crippen molar-refractivity contribution in [1.82, 2.24) is 0 Å². The summed E-state index contributed by atoms with van der Waals surface area (Å²) in [6.07, 6.45) is 1.71.